The summed E-state index contributed by atoms with van der Waals surface area (Å²) in [6, 6.07) is 82.5. The van der Waals surface area contributed by atoms with Crippen molar-refractivity contribution in [2.45, 2.75) is 75.5 Å². The third kappa shape index (κ3) is 7.35. The van der Waals surface area contributed by atoms with Crippen molar-refractivity contribution < 1.29 is 0 Å². The van der Waals surface area contributed by atoms with Gasteiger partial charge in [-0.3, -0.25) is 0 Å². The van der Waals surface area contributed by atoms with Crippen molar-refractivity contribution in [2.75, 3.05) is 19.6 Å². The lowest BCUT2D eigenvalue weighted by atomic mass is 9.89. The lowest BCUT2D eigenvalue weighted by Gasteiger charge is -2.36. The van der Waals surface area contributed by atoms with Crippen molar-refractivity contribution in [1.29, 1.82) is 0 Å². The van der Waals surface area contributed by atoms with E-state index in [1.165, 1.54) is 105 Å². The monoisotopic (exact) mass is 856 g/mol. The minimum atomic E-state index is 0.310. The van der Waals surface area contributed by atoms with Crippen LogP contribution in [0.5, 0.6) is 0 Å². The molecule has 2 aliphatic carbocycles. The highest BCUT2D eigenvalue weighted by Gasteiger charge is 2.53. The van der Waals surface area contributed by atoms with Gasteiger partial charge in [-0.2, -0.15) is 0 Å². The maximum atomic E-state index is 2.78. The van der Waals surface area contributed by atoms with Crippen LogP contribution in [0.25, 0.3) is 44.5 Å². The standard InChI is InChI=1S/C62H56N4/c1-5-17-45(18-6-1)49-29-37-53(38-30-49)63-57-25-13-14-26-58(57)64(54-39-31-50(32-40-54)46-19-7-2-8-20-46)61(63)62-65(55-41-33-51(34-42-55)47-21-9-3-10-22-47)59-27-15-16-28-60(59)66(62)56-43-35-52(36-44-56)48-23-11-4-12-24-48/h1-12,17-24,29-44,57-60H,13-16,25-28H2. The third-order valence-electron chi connectivity index (χ3n) is 14.8. The Morgan fingerprint density at radius 3 is 0.591 bits per heavy atom. The van der Waals surface area contributed by atoms with Gasteiger partial charge in [-0.15, -0.1) is 0 Å². The zero-order chi connectivity index (χ0) is 43.8. The number of hydrogen-bond donors (Lipinski definition) is 0. The first-order valence-electron chi connectivity index (χ1n) is 24.3. The Hall–Kier alpha value is -7.30. The van der Waals surface area contributed by atoms with Crippen LogP contribution in [0.1, 0.15) is 51.4 Å². The van der Waals surface area contributed by atoms with Crippen LogP contribution in [-0.2, 0) is 0 Å². The molecule has 2 saturated heterocycles. The molecular formula is C62H56N4. The van der Waals surface area contributed by atoms with Gasteiger partial charge in [0.2, 0.25) is 0 Å². The zero-order valence-corrected chi connectivity index (χ0v) is 37.5. The normalized spacial score (nSPS) is 20.4. The molecule has 4 fully saturated rings. The molecule has 4 unspecified atom stereocenters. The van der Waals surface area contributed by atoms with Gasteiger partial charge in [-0.25, -0.2) is 0 Å². The largest absolute Gasteiger partial charge is 0.320 e. The second-order valence-electron chi connectivity index (χ2n) is 18.6. The van der Waals surface area contributed by atoms with Gasteiger partial charge in [0.15, 0.2) is 11.6 Å². The Bertz CT molecular complexity index is 2510. The Kier molecular flexibility index (Phi) is 10.7. The summed E-state index contributed by atoms with van der Waals surface area (Å²) in [5, 5.41) is 0. The Balaban J connectivity index is 1.10. The van der Waals surface area contributed by atoms with Crippen LogP contribution >= 0.6 is 0 Å². The lowest BCUT2D eigenvalue weighted by Crippen LogP contribution is -2.40. The third-order valence-corrected chi connectivity index (χ3v) is 14.8. The Labute approximate surface area is 390 Å². The lowest BCUT2D eigenvalue weighted by molar-refractivity contribution is 0.409. The van der Waals surface area contributed by atoms with E-state index in [4.69, 9.17) is 0 Å². The fourth-order valence-corrected chi connectivity index (χ4v) is 11.7. The molecule has 66 heavy (non-hydrogen) atoms. The molecule has 4 heteroatoms. The van der Waals surface area contributed by atoms with E-state index in [0.29, 0.717) is 24.2 Å². The van der Waals surface area contributed by atoms with E-state index < -0.39 is 0 Å². The molecule has 4 nitrogen and oxygen atoms in total. The molecule has 8 aromatic carbocycles. The van der Waals surface area contributed by atoms with E-state index in [1.807, 2.05) is 0 Å². The van der Waals surface area contributed by atoms with E-state index >= 15 is 0 Å². The molecule has 0 spiro atoms. The predicted octanol–water partition coefficient (Wildman–Crippen LogP) is 15.5. The smallest absolute Gasteiger partial charge is 0.156 e. The minimum absolute atomic E-state index is 0.310. The van der Waals surface area contributed by atoms with Crippen molar-refractivity contribution >= 4 is 22.7 Å². The van der Waals surface area contributed by atoms with Crippen LogP contribution < -0.4 is 19.6 Å². The van der Waals surface area contributed by atoms with E-state index in [2.05, 4.69) is 238 Å². The quantitative estimate of drug-likeness (QED) is 0.151. The Morgan fingerprint density at radius 1 is 0.212 bits per heavy atom. The first-order valence-corrected chi connectivity index (χ1v) is 24.3. The second-order valence-corrected chi connectivity index (χ2v) is 18.6. The van der Waals surface area contributed by atoms with Gasteiger partial charge in [0.1, 0.15) is 0 Å². The van der Waals surface area contributed by atoms with Crippen molar-refractivity contribution in [3.63, 3.8) is 0 Å². The molecule has 0 amide bonds. The van der Waals surface area contributed by atoms with Crippen molar-refractivity contribution in [1.82, 2.24) is 0 Å². The highest BCUT2D eigenvalue weighted by Crippen LogP contribution is 2.52. The molecule has 2 saturated carbocycles. The molecule has 0 bridgehead atoms. The van der Waals surface area contributed by atoms with E-state index in [0.717, 1.165) is 25.7 Å². The maximum Gasteiger partial charge on any atom is 0.156 e. The molecule has 12 rings (SSSR count). The number of rotatable bonds is 8. The predicted molar refractivity (Wildman–Crippen MR) is 277 cm³/mol. The second kappa shape index (κ2) is 17.6. The molecule has 324 valence electrons. The first-order chi connectivity index (χ1) is 32.8. The fourth-order valence-electron chi connectivity index (χ4n) is 11.7. The first kappa shape index (κ1) is 40.2. The highest BCUT2D eigenvalue weighted by molar-refractivity contribution is 5.80. The van der Waals surface area contributed by atoms with Gasteiger partial charge >= 0.3 is 0 Å². The van der Waals surface area contributed by atoms with Crippen molar-refractivity contribution in [2.24, 2.45) is 0 Å². The van der Waals surface area contributed by atoms with E-state index in [1.54, 1.807) is 0 Å². The minimum Gasteiger partial charge on any atom is -0.320 e. The molecule has 2 aliphatic heterocycles. The summed E-state index contributed by atoms with van der Waals surface area (Å²) >= 11 is 0. The molecule has 0 radical (unpaired) electrons. The van der Waals surface area contributed by atoms with Gasteiger partial charge in [-0.05, 0) is 119 Å². The summed E-state index contributed by atoms with van der Waals surface area (Å²) in [5.74, 6) is 2.58. The van der Waals surface area contributed by atoms with Gasteiger partial charge < -0.3 is 19.6 Å². The van der Waals surface area contributed by atoms with Crippen LogP contribution in [0.2, 0.25) is 0 Å². The molecule has 0 aromatic heterocycles. The summed E-state index contributed by atoms with van der Waals surface area (Å²) in [6.45, 7) is 0. The molecule has 0 N–H and O–H groups in total. The highest BCUT2D eigenvalue weighted by atomic mass is 15.5. The molecular weight excluding hydrogens is 801 g/mol. The number of benzene rings is 8. The van der Waals surface area contributed by atoms with Crippen LogP contribution in [-0.4, -0.2) is 24.2 Å². The average molecular weight is 857 g/mol. The van der Waals surface area contributed by atoms with E-state index in [-0.39, 0.29) is 0 Å². The van der Waals surface area contributed by atoms with Crippen molar-refractivity contribution in [3.05, 3.63) is 230 Å². The SMILES string of the molecule is c1ccc(-c2ccc(N3C(=C4N(c5ccc(-c6ccccc6)cc5)C5CCCCC5N4c4ccc(-c5ccccc5)cc4)N(c4ccc(-c5ccccc5)cc4)C4CCCCC43)cc2)cc1. The number of nitrogens with zero attached hydrogens (tertiary/aromatic N) is 4. The van der Waals surface area contributed by atoms with Gasteiger partial charge in [0.05, 0.1) is 24.2 Å². The van der Waals surface area contributed by atoms with Gasteiger partial charge in [0, 0.05) is 22.7 Å². The fraction of sp³-hybridized carbons (Fsp3) is 0.194. The van der Waals surface area contributed by atoms with Crippen LogP contribution in [0.15, 0.2) is 230 Å². The molecule has 4 aliphatic rings. The Morgan fingerprint density at radius 2 is 0.394 bits per heavy atom. The summed E-state index contributed by atoms with van der Waals surface area (Å²) in [6.07, 6.45) is 9.48. The summed E-state index contributed by atoms with van der Waals surface area (Å²) in [4.78, 5) is 11.1. The summed E-state index contributed by atoms with van der Waals surface area (Å²) in [5.41, 5.74) is 15.0. The van der Waals surface area contributed by atoms with Crippen LogP contribution in [0.4, 0.5) is 22.7 Å². The summed E-state index contributed by atoms with van der Waals surface area (Å²) < 4.78 is 0. The molecule has 4 atom stereocenters. The zero-order valence-electron chi connectivity index (χ0n) is 37.5. The van der Waals surface area contributed by atoms with Gasteiger partial charge in [-0.1, -0.05) is 196 Å². The maximum absolute atomic E-state index is 2.78. The number of anilines is 4. The number of fused-ring (bicyclic) bond motifs is 2. The molecule has 2 heterocycles. The topological polar surface area (TPSA) is 13.0 Å². The van der Waals surface area contributed by atoms with Crippen molar-refractivity contribution in [3.8, 4) is 44.5 Å². The van der Waals surface area contributed by atoms with Crippen LogP contribution in [0.3, 0.4) is 0 Å². The summed E-state index contributed by atoms with van der Waals surface area (Å²) in [7, 11) is 0. The van der Waals surface area contributed by atoms with Crippen LogP contribution in [0, 0.1) is 0 Å². The van der Waals surface area contributed by atoms with E-state index in [9.17, 15) is 0 Å². The average Bonchev–Trinajstić information content (AvgIpc) is 3.93. The van der Waals surface area contributed by atoms with Gasteiger partial charge in [0.25, 0.3) is 0 Å². The number of hydrogen-bond acceptors (Lipinski definition) is 4. The molecule has 8 aromatic rings.